The highest BCUT2D eigenvalue weighted by Gasteiger charge is 2.14. The Hall–Kier alpha value is -2.80. The Labute approximate surface area is 140 Å². The number of hydrogen-bond acceptors (Lipinski definition) is 5. The van der Waals surface area contributed by atoms with Crippen LogP contribution in [0.2, 0.25) is 0 Å². The van der Waals surface area contributed by atoms with E-state index in [9.17, 15) is 9.59 Å². The van der Waals surface area contributed by atoms with Crippen LogP contribution in [-0.4, -0.2) is 27.8 Å². The summed E-state index contributed by atoms with van der Waals surface area (Å²) in [6, 6.07) is 6.59. The van der Waals surface area contributed by atoms with E-state index in [0.29, 0.717) is 19.5 Å². The minimum Gasteiger partial charge on any atom is -0.352 e. The number of carbonyl (C=O) groups excluding carboxylic acids is 2. The molecule has 126 valence electrons. The lowest BCUT2D eigenvalue weighted by atomic mass is 10.1. The minimum atomic E-state index is -0.710. The van der Waals surface area contributed by atoms with E-state index in [1.54, 1.807) is 24.8 Å². The van der Waals surface area contributed by atoms with Gasteiger partial charge in [-0.1, -0.05) is 0 Å². The van der Waals surface area contributed by atoms with Crippen LogP contribution in [-0.2, 0) is 22.7 Å². The Morgan fingerprint density at radius 3 is 1.96 bits per heavy atom. The third-order valence-electron chi connectivity index (χ3n) is 3.47. The molecule has 7 heteroatoms. The van der Waals surface area contributed by atoms with Gasteiger partial charge in [0.2, 0.25) is 11.8 Å². The van der Waals surface area contributed by atoms with Gasteiger partial charge in [0, 0.05) is 44.3 Å². The molecule has 1 unspecified atom stereocenters. The van der Waals surface area contributed by atoms with E-state index in [1.165, 1.54) is 0 Å². The van der Waals surface area contributed by atoms with Gasteiger partial charge in [-0.2, -0.15) is 0 Å². The molecule has 0 fully saturated rings. The second-order valence-corrected chi connectivity index (χ2v) is 5.35. The summed E-state index contributed by atoms with van der Waals surface area (Å²) in [5.41, 5.74) is 7.74. The van der Waals surface area contributed by atoms with Crippen molar-refractivity contribution in [1.82, 2.24) is 20.6 Å². The molecule has 0 aromatic carbocycles. The highest BCUT2D eigenvalue weighted by molar-refractivity contribution is 5.82. The molecule has 0 bridgehead atoms. The lowest BCUT2D eigenvalue weighted by Gasteiger charge is -2.12. The van der Waals surface area contributed by atoms with Crippen LogP contribution in [0.25, 0.3) is 0 Å². The molecule has 0 radical (unpaired) electrons. The van der Waals surface area contributed by atoms with Crippen molar-refractivity contribution in [3.63, 3.8) is 0 Å². The number of hydrogen-bond donors (Lipinski definition) is 3. The number of pyridine rings is 2. The SMILES string of the molecule is NC(CCC(=O)NCc1ccncc1)C(=O)NCc1ccncc1. The maximum atomic E-state index is 11.9. The van der Waals surface area contributed by atoms with E-state index in [-0.39, 0.29) is 18.2 Å². The van der Waals surface area contributed by atoms with Crippen molar-refractivity contribution in [2.24, 2.45) is 5.73 Å². The van der Waals surface area contributed by atoms with Gasteiger partial charge in [0.05, 0.1) is 6.04 Å². The van der Waals surface area contributed by atoms with E-state index in [1.807, 2.05) is 24.3 Å². The van der Waals surface area contributed by atoms with Gasteiger partial charge < -0.3 is 16.4 Å². The fourth-order valence-electron chi connectivity index (χ4n) is 2.03. The number of aromatic nitrogens is 2. The van der Waals surface area contributed by atoms with Crippen LogP contribution in [0.15, 0.2) is 49.1 Å². The van der Waals surface area contributed by atoms with Crippen molar-refractivity contribution < 1.29 is 9.59 Å². The fourth-order valence-corrected chi connectivity index (χ4v) is 2.03. The van der Waals surface area contributed by atoms with Crippen LogP contribution in [0.4, 0.5) is 0 Å². The maximum absolute atomic E-state index is 11.9. The maximum Gasteiger partial charge on any atom is 0.237 e. The summed E-state index contributed by atoms with van der Waals surface area (Å²) in [4.78, 5) is 31.5. The molecule has 0 saturated heterocycles. The zero-order chi connectivity index (χ0) is 17.2. The molecule has 7 nitrogen and oxygen atoms in total. The summed E-state index contributed by atoms with van der Waals surface area (Å²) in [6.07, 6.45) is 7.16. The largest absolute Gasteiger partial charge is 0.352 e. The molecule has 24 heavy (non-hydrogen) atoms. The molecule has 2 amide bonds. The number of nitrogens with one attached hydrogen (secondary N) is 2. The Balaban J connectivity index is 1.65. The fraction of sp³-hybridized carbons (Fsp3) is 0.294. The average molecular weight is 327 g/mol. The Morgan fingerprint density at radius 2 is 1.42 bits per heavy atom. The number of rotatable bonds is 8. The molecule has 4 N–H and O–H groups in total. The van der Waals surface area contributed by atoms with Gasteiger partial charge in [-0.05, 0) is 41.8 Å². The molecule has 2 aromatic rings. The summed E-state index contributed by atoms with van der Waals surface area (Å²) in [5.74, 6) is -0.405. The number of nitrogens with two attached hydrogens (primary N) is 1. The molecule has 2 rings (SSSR count). The van der Waals surface area contributed by atoms with E-state index in [2.05, 4.69) is 20.6 Å². The molecule has 2 heterocycles. The van der Waals surface area contributed by atoms with Crippen molar-refractivity contribution in [1.29, 1.82) is 0 Å². The molecular formula is C17H21N5O2. The average Bonchev–Trinajstić information content (AvgIpc) is 2.64. The lowest BCUT2D eigenvalue weighted by molar-refractivity contribution is -0.123. The van der Waals surface area contributed by atoms with Gasteiger partial charge >= 0.3 is 0 Å². The Morgan fingerprint density at radius 1 is 0.917 bits per heavy atom. The predicted molar refractivity (Wildman–Crippen MR) is 89.4 cm³/mol. The molecule has 0 saturated carbocycles. The van der Waals surface area contributed by atoms with Crippen molar-refractivity contribution in [3.05, 3.63) is 60.2 Å². The molecule has 0 aliphatic carbocycles. The van der Waals surface area contributed by atoms with E-state index in [0.717, 1.165) is 11.1 Å². The summed E-state index contributed by atoms with van der Waals surface area (Å²) in [7, 11) is 0. The van der Waals surface area contributed by atoms with Crippen LogP contribution in [0, 0.1) is 0 Å². The van der Waals surface area contributed by atoms with Gasteiger partial charge in [-0.25, -0.2) is 0 Å². The monoisotopic (exact) mass is 327 g/mol. The van der Waals surface area contributed by atoms with Crippen molar-refractivity contribution in [2.45, 2.75) is 32.0 Å². The van der Waals surface area contributed by atoms with Crippen LogP contribution < -0.4 is 16.4 Å². The second-order valence-electron chi connectivity index (χ2n) is 5.35. The molecule has 0 spiro atoms. The summed E-state index contributed by atoms with van der Waals surface area (Å²) in [5, 5.41) is 5.54. The summed E-state index contributed by atoms with van der Waals surface area (Å²) in [6.45, 7) is 0.828. The van der Waals surface area contributed by atoms with Crippen LogP contribution in [0.5, 0.6) is 0 Å². The standard InChI is InChI=1S/C17H21N5O2/c18-15(17(24)22-12-14-5-9-20-10-6-14)1-2-16(23)21-11-13-3-7-19-8-4-13/h3-10,15H,1-2,11-12,18H2,(H,21,23)(H,22,24). The minimum absolute atomic E-state index is 0.135. The summed E-state index contributed by atoms with van der Waals surface area (Å²) >= 11 is 0. The van der Waals surface area contributed by atoms with Gasteiger partial charge in [0.25, 0.3) is 0 Å². The topological polar surface area (TPSA) is 110 Å². The summed E-state index contributed by atoms with van der Waals surface area (Å²) < 4.78 is 0. The van der Waals surface area contributed by atoms with Gasteiger partial charge in [0.15, 0.2) is 0 Å². The highest BCUT2D eigenvalue weighted by Crippen LogP contribution is 2.00. The van der Waals surface area contributed by atoms with E-state index >= 15 is 0 Å². The quantitative estimate of drug-likeness (QED) is 0.654. The molecule has 1 atom stereocenters. The zero-order valence-corrected chi connectivity index (χ0v) is 13.3. The van der Waals surface area contributed by atoms with E-state index in [4.69, 9.17) is 5.73 Å². The third-order valence-corrected chi connectivity index (χ3v) is 3.47. The number of carbonyl (C=O) groups is 2. The normalized spacial score (nSPS) is 11.5. The predicted octanol–water partition coefficient (Wildman–Crippen LogP) is 0.517. The Kier molecular flexibility index (Phi) is 6.85. The van der Waals surface area contributed by atoms with Gasteiger partial charge in [-0.3, -0.25) is 19.6 Å². The number of nitrogens with zero attached hydrogens (tertiary/aromatic N) is 2. The van der Waals surface area contributed by atoms with Gasteiger partial charge in [0.1, 0.15) is 0 Å². The molecular weight excluding hydrogens is 306 g/mol. The molecule has 2 aromatic heterocycles. The first-order chi connectivity index (χ1) is 11.6. The van der Waals surface area contributed by atoms with Crippen molar-refractivity contribution >= 4 is 11.8 Å². The second kappa shape index (κ2) is 9.36. The number of amides is 2. The highest BCUT2D eigenvalue weighted by atomic mass is 16.2. The van der Waals surface area contributed by atoms with Crippen LogP contribution in [0.1, 0.15) is 24.0 Å². The first kappa shape index (κ1) is 17.6. The van der Waals surface area contributed by atoms with Crippen LogP contribution in [0.3, 0.4) is 0 Å². The smallest absolute Gasteiger partial charge is 0.237 e. The molecule has 0 aliphatic rings. The Bertz CT molecular complexity index is 649. The zero-order valence-electron chi connectivity index (χ0n) is 13.3. The third kappa shape index (κ3) is 6.13. The first-order valence-corrected chi connectivity index (χ1v) is 7.73. The van der Waals surface area contributed by atoms with Gasteiger partial charge in [-0.15, -0.1) is 0 Å². The van der Waals surface area contributed by atoms with E-state index < -0.39 is 6.04 Å². The molecule has 0 aliphatic heterocycles. The lowest BCUT2D eigenvalue weighted by Crippen LogP contribution is -2.41. The van der Waals surface area contributed by atoms with Crippen LogP contribution >= 0.6 is 0 Å². The van der Waals surface area contributed by atoms with Crippen molar-refractivity contribution in [2.75, 3.05) is 0 Å². The van der Waals surface area contributed by atoms with Crippen molar-refractivity contribution in [3.8, 4) is 0 Å². The first-order valence-electron chi connectivity index (χ1n) is 7.73.